The maximum absolute atomic E-state index is 12.5. The van der Waals surface area contributed by atoms with Crippen LogP contribution in [0.5, 0.6) is 5.75 Å². The van der Waals surface area contributed by atoms with Gasteiger partial charge in [0.25, 0.3) is 0 Å². The minimum Gasteiger partial charge on any atom is -0.507 e. The highest BCUT2D eigenvalue weighted by Gasteiger charge is 2.21. The maximum atomic E-state index is 12.5. The molecule has 0 aliphatic heterocycles. The molecule has 1 heterocycles. The zero-order valence-electron chi connectivity index (χ0n) is 19.8. The number of unbranched alkanes of at least 4 members (excludes halogenated alkanes) is 1. The molecule has 0 fully saturated rings. The lowest BCUT2D eigenvalue weighted by Gasteiger charge is -2.09. The average molecular weight is 497 g/mol. The van der Waals surface area contributed by atoms with Crippen molar-refractivity contribution in [3.63, 3.8) is 0 Å². The summed E-state index contributed by atoms with van der Waals surface area (Å²) in [4.78, 5) is 17.1. The van der Waals surface area contributed by atoms with Crippen molar-refractivity contribution in [3.8, 4) is 39.6 Å². The fraction of sp³-hybridized carbons (Fsp3) is 0.133. The molecule has 36 heavy (non-hydrogen) atoms. The second kappa shape index (κ2) is 10.3. The van der Waals surface area contributed by atoms with Crippen LogP contribution >= 0.6 is 11.6 Å². The van der Waals surface area contributed by atoms with E-state index in [1.807, 2.05) is 49.4 Å². The van der Waals surface area contributed by atoms with Gasteiger partial charge in [-0.1, -0.05) is 85.6 Å². The van der Waals surface area contributed by atoms with Crippen molar-refractivity contribution in [2.75, 3.05) is 5.32 Å². The first-order valence-electron chi connectivity index (χ1n) is 11.9. The van der Waals surface area contributed by atoms with Crippen LogP contribution < -0.4 is 5.32 Å². The van der Waals surface area contributed by atoms with Crippen molar-refractivity contribution in [2.45, 2.75) is 26.2 Å². The largest absolute Gasteiger partial charge is 0.507 e. The van der Waals surface area contributed by atoms with Gasteiger partial charge in [0.2, 0.25) is 17.7 Å². The number of carbonyl (C=O) groups excluding carboxylic acids is 1. The lowest BCUT2D eigenvalue weighted by Crippen LogP contribution is -2.11. The molecule has 0 aliphatic carbocycles. The van der Waals surface area contributed by atoms with E-state index in [1.54, 1.807) is 24.3 Å². The molecule has 0 spiro atoms. The lowest BCUT2D eigenvalue weighted by atomic mass is 9.97. The molecule has 5 aromatic rings. The summed E-state index contributed by atoms with van der Waals surface area (Å²) in [6.45, 7) is 2.03. The highest BCUT2D eigenvalue weighted by Crippen LogP contribution is 2.39. The van der Waals surface area contributed by atoms with Crippen molar-refractivity contribution >= 4 is 34.2 Å². The lowest BCUT2D eigenvalue weighted by molar-refractivity contribution is -0.116. The molecule has 5 rings (SSSR count). The highest BCUT2D eigenvalue weighted by atomic mass is 35.5. The van der Waals surface area contributed by atoms with Crippen LogP contribution in [0.1, 0.15) is 26.2 Å². The minimum atomic E-state index is -0.154. The summed E-state index contributed by atoms with van der Waals surface area (Å²) in [5.74, 6) is 0.310. The van der Waals surface area contributed by atoms with Crippen LogP contribution in [0.25, 0.3) is 44.6 Å². The van der Waals surface area contributed by atoms with Gasteiger partial charge in [0.15, 0.2) is 0 Å². The number of aromatic hydroxyl groups is 1. The molecule has 4 aromatic carbocycles. The van der Waals surface area contributed by atoms with E-state index in [-0.39, 0.29) is 23.4 Å². The van der Waals surface area contributed by atoms with Crippen LogP contribution in [0, 0.1) is 0 Å². The van der Waals surface area contributed by atoms with Crippen LogP contribution in [0.3, 0.4) is 0 Å². The number of anilines is 1. The molecule has 0 unspecified atom stereocenters. The van der Waals surface area contributed by atoms with Crippen LogP contribution in [0.4, 0.5) is 5.88 Å². The fourth-order valence-corrected chi connectivity index (χ4v) is 4.43. The summed E-state index contributed by atoms with van der Waals surface area (Å²) in [6, 6.07) is 26.8. The normalized spacial score (nSPS) is 11.1. The highest BCUT2D eigenvalue weighted by molar-refractivity contribution is 6.30. The topological polar surface area (TPSA) is 75.4 Å². The van der Waals surface area contributed by atoms with Gasteiger partial charge in [-0.3, -0.25) is 10.1 Å². The van der Waals surface area contributed by atoms with Crippen molar-refractivity contribution in [3.05, 3.63) is 90.0 Å². The van der Waals surface area contributed by atoms with Crippen LogP contribution in [-0.2, 0) is 4.79 Å². The first-order chi connectivity index (χ1) is 17.5. The van der Waals surface area contributed by atoms with E-state index in [2.05, 4.69) is 28.5 Å². The number of carbonyl (C=O) groups is 1. The summed E-state index contributed by atoms with van der Waals surface area (Å²) in [6.07, 6.45) is 2.06. The number of oxazole rings is 1. The van der Waals surface area contributed by atoms with E-state index in [0.29, 0.717) is 28.3 Å². The number of hydrogen-bond donors (Lipinski definition) is 2. The molecule has 5 nitrogen and oxygen atoms in total. The number of phenols is 1. The van der Waals surface area contributed by atoms with Gasteiger partial charge in [0.1, 0.15) is 11.4 Å². The molecular formula is C30H25ClN2O3. The average Bonchev–Trinajstić information content (AvgIpc) is 3.30. The Kier molecular flexibility index (Phi) is 6.74. The zero-order chi connectivity index (χ0) is 25.1. The molecule has 0 radical (unpaired) electrons. The van der Waals surface area contributed by atoms with Crippen LogP contribution in [0.15, 0.2) is 89.3 Å². The number of halogens is 1. The molecule has 2 N–H and O–H groups in total. The summed E-state index contributed by atoms with van der Waals surface area (Å²) in [5.41, 5.74) is 3.48. The third kappa shape index (κ3) is 4.83. The molecule has 0 atom stereocenters. The Morgan fingerprint density at radius 1 is 0.944 bits per heavy atom. The predicted octanol–water partition coefficient (Wildman–Crippen LogP) is 8.32. The van der Waals surface area contributed by atoms with Crippen LogP contribution in [-0.4, -0.2) is 16.0 Å². The fourth-order valence-electron chi connectivity index (χ4n) is 4.24. The van der Waals surface area contributed by atoms with Crippen molar-refractivity contribution in [1.29, 1.82) is 0 Å². The molecule has 0 saturated heterocycles. The third-order valence-corrected chi connectivity index (χ3v) is 6.30. The van der Waals surface area contributed by atoms with Gasteiger partial charge in [0, 0.05) is 17.0 Å². The standard InChI is InChI=1S/C30H25ClN2O3/c1-2-3-14-27(35)32-30-28(21-10-6-11-22(31)17-21)33-29(36-30)25-16-15-20(18-26(25)34)24-13-7-9-19-8-4-5-12-23(19)24/h4-13,15-18,34H,2-3,14H2,1H3,(H,32,35). The number of fused-ring (bicyclic) bond motifs is 1. The van der Waals surface area contributed by atoms with Crippen molar-refractivity contribution in [1.82, 2.24) is 4.98 Å². The van der Waals surface area contributed by atoms with E-state index in [1.165, 1.54) is 0 Å². The van der Waals surface area contributed by atoms with E-state index in [0.717, 1.165) is 34.7 Å². The number of benzene rings is 4. The van der Waals surface area contributed by atoms with E-state index in [9.17, 15) is 9.90 Å². The molecular weight excluding hydrogens is 472 g/mol. The summed E-state index contributed by atoms with van der Waals surface area (Å²) < 4.78 is 6.00. The quantitative estimate of drug-likeness (QED) is 0.237. The van der Waals surface area contributed by atoms with Crippen molar-refractivity contribution < 1.29 is 14.3 Å². The number of amides is 1. The molecule has 0 saturated carbocycles. The maximum Gasteiger partial charge on any atom is 0.233 e. The number of phenolic OH excluding ortho intramolecular Hbond substituents is 1. The first-order valence-corrected chi connectivity index (χ1v) is 12.3. The Hall–Kier alpha value is -4.09. The van der Waals surface area contributed by atoms with E-state index in [4.69, 9.17) is 16.0 Å². The van der Waals surface area contributed by atoms with Gasteiger partial charge >= 0.3 is 0 Å². The van der Waals surface area contributed by atoms with Gasteiger partial charge in [-0.2, -0.15) is 0 Å². The molecule has 1 amide bonds. The SMILES string of the molecule is CCCCC(=O)Nc1oc(-c2ccc(-c3cccc4ccccc34)cc2O)nc1-c1cccc(Cl)c1. The van der Waals surface area contributed by atoms with Crippen LogP contribution in [0.2, 0.25) is 5.02 Å². The third-order valence-electron chi connectivity index (χ3n) is 6.06. The second-order valence-electron chi connectivity index (χ2n) is 8.62. The Labute approximate surface area is 214 Å². The Morgan fingerprint density at radius 3 is 2.56 bits per heavy atom. The Bertz CT molecular complexity index is 1550. The van der Waals surface area contributed by atoms with Crippen molar-refractivity contribution in [2.24, 2.45) is 0 Å². The molecule has 0 aliphatic rings. The number of nitrogens with zero attached hydrogens (tertiary/aromatic N) is 1. The number of aromatic nitrogens is 1. The summed E-state index contributed by atoms with van der Waals surface area (Å²) in [7, 11) is 0. The van der Waals surface area contributed by atoms with E-state index < -0.39 is 0 Å². The molecule has 0 bridgehead atoms. The molecule has 180 valence electrons. The predicted molar refractivity (Wildman–Crippen MR) is 145 cm³/mol. The number of rotatable bonds is 7. The minimum absolute atomic E-state index is 0.0307. The van der Waals surface area contributed by atoms with Gasteiger partial charge in [-0.05, 0) is 52.6 Å². The van der Waals surface area contributed by atoms with Gasteiger partial charge in [-0.25, -0.2) is 4.98 Å². The number of hydrogen-bond acceptors (Lipinski definition) is 4. The monoisotopic (exact) mass is 496 g/mol. The Morgan fingerprint density at radius 2 is 1.75 bits per heavy atom. The van der Waals surface area contributed by atoms with Gasteiger partial charge in [-0.15, -0.1) is 0 Å². The molecule has 1 aromatic heterocycles. The van der Waals surface area contributed by atoms with Gasteiger partial charge < -0.3 is 9.52 Å². The Balaban J connectivity index is 1.55. The zero-order valence-corrected chi connectivity index (χ0v) is 20.5. The summed E-state index contributed by atoms with van der Waals surface area (Å²) >= 11 is 6.20. The summed E-state index contributed by atoms with van der Waals surface area (Å²) in [5, 5.41) is 16.6. The second-order valence-corrected chi connectivity index (χ2v) is 9.05. The first kappa shape index (κ1) is 23.6. The smallest absolute Gasteiger partial charge is 0.233 e. The number of nitrogens with one attached hydrogen (secondary N) is 1. The van der Waals surface area contributed by atoms with E-state index >= 15 is 0 Å². The molecule has 6 heteroatoms. The van der Waals surface area contributed by atoms with Gasteiger partial charge in [0.05, 0.1) is 5.56 Å².